The zero-order chi connectivity index (χ0) is 14.7. The number of amides is 1. The fourth-order valence-electron chi connectivity index (χ4n) is 2.46. The van der Waals surface area contributed by atoms with Gasteiger partial charge in [-0.25, -0.2) is 4.79 Å². The Labute approximate surface area is 118 Å². The molecule has 1 saturated heterocycles. The van der Waals surface area contributed by atoms with Crippen LogP contribution in [-0.4, -0.2) is 29.6 Å². The van der Waals surface area contributed by atoms with Gasteiger partial charge in [0.05, 0.1) is 11.6 Å². The molecule has 0 spiro atoms. The average Bonchev–Trinajstić information content (AvgIpc) is 2.43. The van der Waals surface area contributed by atoms with E-state index in [1.807, 2.05) is 13.0 Å². The molecule has 1 amide bonds. The van der Waals surface area contributed by atoms with Crippen molar-refractivity contribution in [2.45, 2.75) is 39.2 Å². The van der Waals surface area contributed by atoms with Gasteiger partial charge in [0, 0.05) is 5.69 Å². The lowest BCUT2D eigenvalue weighted by Gasteiger charge is -2.22. The van der Waals surface area contributed by atoms with Crippen molar-refractivity contribution in [2.24, 2.45) is 0 Å². The van der Waals surface area contributed by atoms with E-state index in [9.17, 15) is 14.7 Å². The van der Waals surface area contributed by atoms with E-state index in [0.29, 0.717) is 5.69 Å². The molecule has 1 unspecified atom stereocenters. The van der Waals surface area contributed by atoms with Crippen molar-refractivity contribution < 1.29 is 14.7 Å². The van der Waals surface area contributed by atoms with Gasteiger partial charge in [0.1, 0.15) is 0 Å². The third-order valence-electron chi connectivity index (χ3n) is 3.79. The second kappa shape index (κ2) is 6.05. The molecule has 1 aromatic carbocycles. The third-order valence-corrected chi connectivity index (χ3v) is 3.79. The van der Waals surface area contributed by atoms with Gasteiger partial charge in [0.2, 0.25) is 5.91 Å². The summed E-state index contributed by atoms with van der Waals surface area (Å²) >= 11 is 0. The summed E-state index contributed by atoms with van der Waals surface area (Å²) in [7, 11) is 0. The zero-order valence-electron chi connectivity index (χ0n) is 11.8. The maximum atomic E-state index is 12.1. The van der Waals surface area contributed by atoms with E-state index in [2.05, 4.69) is 10.6 Å². The van der Waals surface area contributed by atoms with E-state index < -0.39 is 5.97 Å². The highest BCUT2D eigenvalue weighted by atomic mass is 16.4. The number of hydrogen-bond donors (Lipinski definition) is 3. The molecule has 0 radical (unpaired) electrons. The maximum absolute atomic E-state index is 12.1. The number of carbonyl (C=O) groups is 2. The summed E-state index contributed by atoms with van der Waals surface area (Å²) in [5.74, 6) is -1.07. The average molecular weight is 276 g/mol. The number of nitrogens with one attached hydrogen (secondary N) is 2. The van der Waals surface area contributed by atoms with E-state index in [-0.39, 0.29) is 17.5 Å². The molecular formula is C15H20N2O3. The Hall–Kier alpha value is -1.88. The number of carboxylic acids is 1. The maximum Gasteiger partial charge on any atom is 0.336 e. The standard InChI is InChI=1S/C15H20N2O3/c1-9-7-11(8-12(10(9)2)15(19)20)17-14(18)13-5-3-4-6-16-13/h7-8,13,16H,3-6H2,1-2H3,(H,17,18)(H,19,20). The van der Waals surface area contributed by atoms with Crippen LogP contribution in [0.4, 0.5) is 5.69 Å². The van der Waals surface area contributed by atoms with Crippen molar-refractivity contribution in [3.8, 4) is 0 Å². The molecule has 0 aromatic heterocycles. The van der Waals surface area contributed by atoms with Gasteiger partial charge in [-0.05, 0) is 56.5 Å². The Kier molecular flexibility index (Phi) is 4.39. The molecule has 1 fully saturated rings. The predicted octanol–water partition coefficient (Wildman–Crippen LogP) is 2.08. The van der Waals surface area contributed by atoms with Crippen molar-refractivity contribution in [2.75, 3.05) is 11.9 Å². The Morgan fingerprint density at radius 3 is 2.65 bits per heavy atom. The van der Waals surface area contributed by atoms with E-state index in [0.717, 1.165) is 36.9 Å². The lowest BCUT2D eigenvalue weighted by molar-refractivity contribution is -0.118. The largest absolute Gasteiger partial charge is 0.478 e. The van der Waals surface area contributed by atoms with E-state index in [4.69, 9.17) is 0 Å². The summed E-state index contributed by atoms with van der Waals surface area (Å²) in [5.41, 5.74) is 2.36. The topological polar surface area (TPSA) is 78.4 Å². The van der Waals surface area contributed by atoms with Gasteiger partial charge >= 0.3 is 5.97 Å². The molecule has 2 rings (SSSR count). The second-order valence-corrected chi connectivity index (χ2v) is 5.26. The minimum Gasteiger partial charge on any atom is -0.478 e. The van der Waals surface area contributed by atoms with Gasteiger partial charge in [0.15, 0.2) is 0 Å². The highest BCUT2D eigenvalue weighted by molar-refractivity contribution is 5.97. The molecule has 1 aliphatic rings. The number of carboxylic acid groups (broad SMARTS) is 1. The number of benzene rings is 1. The van der Waals surface area contributed by atoms with Crippen LogP contribution in [0.15, 0.2) is 12.1 Å². The van der Waals surface area contributed by atoms with E-state index in [1.54, 1.807) is 6.92 Å². The van der Waals surface area contributed by atoms with Crippen LogP contribution >= 0.6 is 0 Å². The Morgan fingerprint density at radius 1 is 1.30 bits per heavy atom. The summed E-state index contributed by atoms with van der Waals surface area (Å²) in [6.07, 6.45) is 2.96. The number of hydrogen-bond acceptors (Lipinski definition) is 3. The molecule has 20 heavy (non-hydrogen) atoms. The normalized spacial score (nSPS) is 18.6. The first-order valence-electron chi connectivity index (χ1n) is 6.88. The minimum absolute atomic E-state index is 0.0932. The minimum atomic E-state index is -0.975. The first-order valence-corrected chi connectivity index (χ1v) is 6.88. The lowest BCUT2D eigenvalue weighted by atomic mass is 10.0. The van der Waals surface area contributed by atoms with Gasteiger partial charge in [-0.2, -0.15) is 0 Å². The van der Waals surface area contributed by atoms with Crippen molar-refractivity contribution in [1.29, 1.82) is 0 Å². The van der Waals surface area contributed by atoms with E-state index in [1.165, 1.54) is 6.07 Å². The molecule has 1 heterocycles. The molecule has 3 N–H and O–H groups in total. The molecule has 0 saturated carbocycles. The number of anilines is 1. The molecular weight excluding hydrogens is 256 g/mol. The van der Waals surface area contributed by atoms with Crippen LogP contribution in [0.1, 0.15) is 40.7 Å². The monoisotopic (exact) mass is 276 g/mol. The Morgan fingerprint density at radius 2 is 2.05 bits per heavy atom. The lowest BCUT2D eigenvalue weighted by Crippen LogP contribution is -2.43. The fourth-order valence-corrected chi connectivity index (χ4v) is 2.46. The van der Waals surface area contributed by atoms with Crippen LogP contribution < -0.4 is 10.6 Å². The molecule has 5 heteroatoms. The predicted molar refractivity (Wildman–Crippen MR) is 77.1 cm³/mol. The summed E-state index contributed by atoms with van der Waals surface area (Å²) in [6.45, 7) is 4.47. The number of aryl methyl sites for hydroxylation is 1. The summed E-state index contributed by atoms with van der Waals surface area (Å²) in [6, 6.07) is 3.15. The van der Waals surface area contributed by atoms with Crippen molar-refractivity contribution in [3.63, 3.8) is 0 Å². The Balaban J connectivity index is 2.16. The molecule has 0 bridgehead atoms. The van der Waals surface area contributed by atoms with E-state index >= 15 is 0 Å². The van der Waals surface area contributed by atoms with Crippen LogP contribution in [0.5, 0.6) is 0 Å². The van der Waals surface area contributed by atoms with Crippen molar-refractivity contribution >= 4 is 17.6 Å². The summed E-state index contributed by atoms with van der Waals surface area (Å²) < 4.78 is 0. The second-order valence-electron chi connectivity index (χ2n) is 5.26. The highest BCUT2D eigenvalue weighted by Crippen LogP contribution is 2.20. The molecule has 1 aromatic rings. The number of piperidine rings is 1. The van der Waals surface area contributed by atoms with Gasteiger partial charge in [-0.1, -0.05) is 6.42 Å². The zero-order valence-corrected chi connectivity index (χ0v) is 11.8. The van der Waals surface area contributed by atoms with Gasteiger partial charge in [0.25, 0.3) is 0 Å². The summed E-state index contributed by atoms with van der Waals surface area (Å²) in [4.78, 5) is 23.3. The highest BCUT2D eigenvalue weighted by Gasteiger charge is 2.21. The quantitative estimate of drug-likeness (QED) is 0.790. The summed E-state index contributed by atoms with van der Waals surface area (Å²) in [5, 5.41) is 15.2. The van der Waals surface area contributed by atoms with Crippen LogP contribution in [0.3, 0.4) is 0 Å². The number of aromatic carboxylic acids is 1. The van der Waals surface area contributed by atoms with Crippen LogP contribution in [0, 0.1) is 13.8 Å². The van der Waals surface area contributed by atoms with Gasteiger partial charge < -0.3 is 15.7 Å². The fraction of sp³-hybridized carbons (Fsp3) is 0.467. The SMILES string of the molecule is Cc1cc(NC(=O)C2CCCCN2)cc(C(=O)O)c1C. The van der Waals surface area contributed by atoms with Crippen LogP contribution in [0.25, 0.3) is 0 Å². The number of carbonyl (C=O) groups excluding carboxylic acids is 1. The Bertz CT molecular complexity index is 534. The van der Waals surface area contributed by atoms with Crippen molar-refractivity contribution in [3.05, 3.63) is 28.8 Å². The first-order chi connectivity index (χ1) is 9.49. The van der Waals surface area contributed by atoms with Gasteiger partial charge in [-0.3, -0.25) is 4.79 Å². The third kappa shape index (κ3) is 3.17. The molecule has 108 valence electrons. The molecule has 1 atom stereocenters. The van der Waals surface area contributed by atoms with Crippen LogP contribution in [0.2, 0.25) is 0 Å². The number of rotatable bonds is 3. The molecule has 5 nitrogen and oxygen atoms in total. The molecule has 0 aliphatic carbocycles. The van der Waals surface area contributed by atoms with Crippen molar-refractivity contribution in [1.82, 2.24) is 5.32 Å². The smallest absolute Gasteiger partial charge is 0.336 e. The molecule has 1 aliphatic heterocycles. The van der Waals surface area contributed by atoms with Crippen LogP contribution in [-0.2, 0) is 4.79 Å². The first kappa shape index (κ1) is 14.5. The van der Waals surface area contributed by atoms with Gasteiger partial charge in [-0.15, -0.1) is 0 Å².